The molecule has 2 N–H and O–H groups in total. The van der Waals surface area contributed by atoms with Crippen molar-refractivity contribution in [3.8, 4) is 11.5 Å². The first-order valence-corrected chi connectivity index (χ1v) is 11.7. The zero-order chi connectivity index (χ0) is 26.6. The molecule has 0 saturated carbocycles. The molecule has 1 aromatic heterocycles. The number of nitrogens with zero attached hydrogens (tertiary/aromatic N) is 2. The summed E-state index contributed by atoms with van der Waals surface area (Å²) in [5.74, 6) is -0.0529. The summed E-state index contributed by atoms with van der Waals surface area (Å²) in [6.45, 7) is 5.22. The fraction of sp³-hybridized carbons (Fsp3) is 0.148. The average molecular weight is 517 g/mol. The van der Waals surface area contributed by atoms with Gasteiger partial charge in [-0.1, -0.05) is 18.2 Å². The lowest BCUT2D eigenvalue weighted by molar-refractivity contribution is -0.122. The number of carbonyl (C=O) groups is 3. The van der Waals surface area contributed by atoms with Gasteiger partial charge in [0, 0.05) is 18.0 Å². The van der Waals surface area contributed by atoms with Crippen molar-refractivity contribution >= 4 is 52.7 Å². The molecule has 1 aliphatic heterocycles. The minimum Gasteiger partial charge on any atom is -0.457 e. The van der Waals surface area contributed by atoms with Crippen LogP contribution in [0.4, 0.5) is 16.2 Å². The summed E-state index contributed by atoms with van der Waals surface area (Å²) in [7, 11) is 0. The van der Waals surface area contributed by atoms with E-state index in [0.29, 0.717) is 28.4 Å². The first-order valence-electron chi connectivity index (χ1n) is 11.3. The third-order valence-electron chi connectivity index (χ3n) is 4.96. The van der Waals surface area contributed by atoms with Gasteiger partial charge in [-0.05, 0) is 81.5 Å². The number of para-hydroxylation sites is 1. The molecule has 1 fully saturated rings. The molecule has 0 unspecified atom stereocenters. The predicted molar refractivity (Wildman–Crippen MR) is 143 cm³/mol. The van der Waals surface area contributed by atoms with Crippen molar-refractivity contribution < 1.29 is 23.9 Å². The van der Waals surface area contributed by atoms with Gasteiger partial charge in [0.25, 0.3) is 11.8 Å². The molecular formula is C27H24N4O5S. The molecular weight excluding hydrogens is 492 g/mol. The van der Waals surface area contributed by atoms with Crippen LogP contribution in [-0.4, -0.2) is 33.6 Å². The number of rotatable bonds is 5. The van der Waals surface area contributed by atoms with E-state index in [4.69, 9.17) is 21.7 Å². The highest BCUT2D eigenvalue weighted by atomic mass is 32.1. The van der Waals surface area contributed by atoms with Crippen molar-refractivity contribution in [3.63, 3.8) is 0 Å². The number of nitrogens with one attached hydrogen (secondary N) is 2. The molecule has 1 aliphatic rings. The maximum absolute atomic E-state index is 13.4. The molecule has 0 aliphatic carbocycles. The van der Waals surface area contributed by atoms with Gasteiger partial charge in [0.2, 0.25) is 0 Å². The molecule has 0 spiro atoms. The SMILES string of the molecule is CC(C)(C)OC(=O)Nc1ccncc1/C=C1\C(=O)NC(=S)N(c2ccc(Oc3ccccc3)cc2)C1=O. The Kier molecular flexibility index (Phi) is 7.30. The standard InChI is InChI=1S/C27H24N4O5S/c1-27(2,3)36-26(34)29-22-13-14-28-16-17(22)15-21-23(32)30-25(37)31(24(21)33)18-9-11-20(12-10-18)35-19-7-5-4-6-8-19/h4-16H,1-3H3,(H,28,29,34)(H,30,32,37)/b21-15+. The molecule has 3 aromatic rings. The fourth-order valence-corrected chi connectivity index (χ4v) is 3.67. The lowest BCUT2D eigenvalue weighted by Gasteiger charge is -2.29. The molecule has 0 atom stereocenters. The van der Waals surface area contributed by atoms with Crippen molar-refractivity contribution in [2.45, 2.75) is 26.4 Å². The van der Waals surface area contributed by atoms with Crippen LogP contribution >= 0.6 is 12.2 Å². The summed E-state index contributed by atoms with van der Waals surface area (Å²) >= 11 is 5.28. The minimum absolute atomic E-state index is 0.0535. The Balaban J connectivity index is 1.58. The number of ether oxygens (including phenoxy) is 2. The van der Waals surface area contributed by atoms with Crippen LogP contribution in [0.1, 0.15) is 26.3 Å². The summed E-state index contributed by atoms with van der Waals surface area (Å²) in [5, 5.41) is 5.11. The van der Waals surface area contributed by atoms with E-state index in [0.717, 1.165) is 0 Å². The largest absolute Gasteiger partial charge is 0.457 e. The van der Waals surface area contributed by atoms with Gasteiger partial charge in [0.1, 0.15) is 22.7 Å². The molecule has 2 heterocycles. The molecule has 10 heteroatoms. The predicted octanol–water partition coefficient (Wildman–Crippen LogP) is 5.05. The van der Waals surface area contributed by atoms with Crippen molar-refractivity contribution in [1.82, 2.24) is 10.3 Å². The van der Waals surface area contributed by atoms with E-state index in [-0.39, 0.29) is 10.7 Å². The number of amides is 3. The van der Waals surface area contributed by atoms with E-state index in [1.807, 2.05) is 30.3 Å². The summed E-state index contributed by atoms with van der Waals surface area (Å²) in [4.78, 5) is 43.6. The molecule has 188 valence electrons. The van der Waals surface area contributed by atoms with Crippen molar-refractivity contribution in [2.75, 3.05) is 10.2 Å². The minimum atomic E-state index is -0.702. The second-order valence-electron chi connectivity index (χ2n) is 8.96. The number of benzene rings is 2. The monoisotopic (exact) mass is 516 g/mol. The highest BCUT2D eigenvalue weighted by Gasteiger charge is 2.34. The Morgan fingerprint density at radius 1 is 1.03 bits per heavy atom. The van der Waals surface area contributed by atoms with Crippen LogP contribution < -0.4 is 20.3 Å². The number of hydrogen-bond acceptors (Lipinski definition) is 7. The highest BCUT2D eigenvalue weighted by molar-refractivity contribution is 7.80. The number of aromatic nitrogens is 1. The highest BCUT2D eigenvalue weighted by Crippen LogP contribution is 2.28. The van der Waals surface area contributed by atoms with Gasteiger partial charge in [-0.2, -0.15) is 0 Å². The van der Waals surface area contributed by atoms with Crippen LogP contribution in [0.15, 0.2) is 78.6 Å². The maximum Gasteiger partial charge on any atom is 0.412 e. The van der Waals surface area contributed by atoms with Gasteiger partial charge >= 0.3 is 6.09 Å². The van der Waals surface area contributed by atoms with E-state index >= 15 is 0 Å². The summed E-state index contributed by atoms with van der Waals surface area (Å²) in [5.41, 5.74) is 0.219. The molecule has 1 saturated heterocycles. The lowest BCUT2D eigenvalue weighted by Crippen LogP contribution is -2.54. The number of pyridine rings is 1. The van der Waals surface area contributed by atoms with Crippen molar-refractivity contribution in [3.05, 3.63) is 84.2 Å². The topological polar surface area (TPSA) is 110 Å². The summed E-state index contributed by atoms with van der Waals surface area (Å²) in [6, 6.07) is 17.5. The second-order valence-corrected chi connectivity index (χ2v) is 9.34. The van der Waals surface area contributed by atoms with Crippen LogP contribution in [0, 0.1) is 0 Å². The first-order chi connectivity index (χ1) is 17.6. The summed E-state index contributed by atoms with van der Waals surface area (Å²) in [6.07, 6.45) is 3.56. The number of anilines is 2. The smallest absolute Gasteiger partial charge is 0.412 e. The number of carbonyl (C=O) groups excluding carboxylic acids is 3. The Hall–Kier alpha value is -4.57. The molecule has 4 rings (SSSR count). The first kappa shape index (κ1) is 25.5. The van der Waals surface area contributed by atoms with Crippen LogP contribution in [0.2, 0.25) is 0 Å². The van der Waals surface area contributed by atoms with E-state index in [2.05, 4.69) is 15.6 Å². The lowest BCUT2D eigenvalue weighted by atomic mass is 10.1. The van der Waals surface area contributed by atoms with Gasteiger partial charge in [0.05, 0.1) is 11.4 Å². The van der Waals surface area contributed by atoms with E-state index in [9.17, 15) is 14.4 Å². The van der Waals surface area contributed by atoms with Crippen LogP contribution in [0.3, 0.4) is 0 Å². The Labute approximate surface area is 219 Å². The van der Waals surface area contributed by atoms with Crippen LogP contribution in [0.5, 0.6) is 11.5 Å². The summed E-state index contributed by atoms with van der Waals surface area (Å²) < 4.78 is 11.1. The van der Waals surface area contributed by atoms with Crippen LogP contribution in [0.25, 0.3) is 6.08 Å². The normalized spacial score (nSPS) is 14.8. The molecule has 0 bridgehead atoms. The van der Waals surface area contributed by atoms with Gasteiger partial charge in [-0.15, -0.1) is 0 Å². The van der Waals surface area contributed by atoms with Gasteiger partial charge in [0.15, 0.2) is 5.11 Å². The quantitative estimate of drug-likeness (QED) is 0.277. The average Bonchev–Trinajstić information content (AvgIpc) is 2.83. The Morgan fingerprint density at radius 2 is 1.70 bits per heavy atom. The zero-order valence-electron chi connectivity index (χ0n) is 20.3. The molecule has 3 amide bonds. The van der Waals surface area contributed by atoms with Crippen molar-refractivity contribution in [2.24, 2.45) is 0 Å². The van der Waals surface area contributed by atoms with Gasteiger partial charge in [-0.3, -0.25) is 30.1 Å². The fourth-order valence-electron chi connectivity index (χ4n) is 3.38. The third-order valence-corrected chi connectivity index (χ3v) is 5.25. The Morgan fingerprint density at radius 3 is 2.38 bits per heavy atom. The van der Waals surface area contributed by atoms with Gasteiger partial charge in [-0.25, -0.2) is 4.79 Å². The molecule has 37 heavy (non-hydrogen) atoms. The van der Waals surface area contributed by atoms with E-state index < -0.39 is 23.5 Å². The zero-order valence-corrected chi connectivity index (χ0v) is 21.2. The van der Waals surface area contributed by atoms with Gasteiger partial charge < -0.3 is 9.47 Å². The number of thiocarbonyl (C=S) groups is 1. The molecule has 0 radical (unpaired) electrons. The van der Waals surface area contributed by atoms with E-state index in [1.54, 1.807) is 45.0 Å². The molecule has 9 nitrogen and oxygen atoms in total. The Bertz CT molecular complexity index is 1380. The maximum atomic E-state index is 13.4. The third kappa shape index (κ3) is 6.36. The van der Waals surface area contributed by atoms with Crippen molar-refractivity contribution in [1.29, 1.82) is 0 Å². The van der Waals surface area contributed by atoms with E-state index in [1.165, 1.54) is 29.4 Å². The van der Waals surface area contributed by atoms with Crippen LogP contribution in [-0.2, 0) is 14.3 Å². The number of hydrogen-bond donors (Lipinski definition) is 2. The molecule has 2 aromatic carbocycles. The second kappa shape index (κ2) is 10.6.